The first-order valence-corrected chi connectivity index (χ1v) is 11.3. The molecule has 2 aromatic carbocycles. The SMILES string of the molecule is CSc1cccc(NC(=O)COC(=O)[C@@H]2Cc3ccccc3CN2C(=O)c2ccco2)c1. The molecule has 1 aromatic heterocycles. The van der Waals surface area contributed by atoms with Crippen LogP contribution in [0.5, 0.6) is 0 Å². The van der Waals surface area contributed by atoms with Gasteiger partial charge in [-0.3, -0.25) is 9.59 Å². The minimum Gasteiger partial charge on any atom is -0.459 e. The van der Waals surface area contributed by atoms with Crippen LogP contribution in [-0.2, 0) is 27.3 Å². The number of thioether (sulfide) groups is 1. The third-order valence-electron chi connectivity index (χ3n) is 5.21. The standard InChI is InChI=1S/C24H22N2O5S/c1-32-19-9-4-8-18(13-19)25-22(27)15-31-24(29)20-12-16-6-2-3-7-17(16)14-26(20)23(28)21-10-5-11-30-21/h2-11,13,20H,12,14-15H2,1H3,(H,25,27)/t20-/m0/s1. The first kappa shape index (κ1) is 21.7. The molecule has 8 heteroatoms. The lowest BCUT2D eigenvalue weighted by Gasteiger charge is -2.34. The molecule has 2 amide bonds. The second kappa shape index (κ2) is 9.74. The summed E-state index contributed by atoms with van der Waals surface area (Å²) in [5.41, 5.74) is 2.55. The molecule has 1 aliphatic rings. The van der Waals surface area contributed by atoms with Gasteiger partial charge in [-0.05, 0) is 47.7 Å². The number of furan rings is 1. The quantitative estimate of drug-likeness (QED) is 0.455. The molecule has 2 heterocycles. The largest absolute Gasteiger partial charge is 0.459 e. The Hall–Kier alpha value is -3.52. The number of hydrogen-bond donors (Lipinski definition) is 1. The van der Waals surface area contributed by atoms with Gasteiger partial charge in [-0.25, -0.2) is 4.79 Å². The number of carbonyl (C=O) groups is 3. The van der Waals surface area contributed by atoms with Gasteiger partial charge in [0.15, 0.2) is 12.4 Å². The average Bonchev–Trinajstić information content (AvgIpc) is 3.36. The Morgan fingerprint density at radius 2 is 1.91 bits per heavy atom. The van der Waals surface area contributed by atoms with E-state index < -0.39 is 30.4 Å². The molecular weight excluding hydrogens is 428 g/mol. The van der Waals surface area contributed by atoms with Crippen LogP contribution in [0.4, 0.5) is 5.69 Å². The first-order valence-electron chi connectivity index (χ1n) is 10.1. The van der Waals surface area contributed by atoms with Crippen molar-refractivity contribution < 1.29 is 23.5 Å². The van der Waals surface area contributed by atoms with E-state index in [1.54, 1.807) is 30.0 Å². The van der Waals surface area contributed by atoms with Crippen molar-refractivity contribution in [2.24, 2.45) is 0 Å². The average molecular weight is 451 g/mol. The summed E-state index contributed by atoms with van der Waals surface area (Å²) in [6.07, 6.45) is 3.66. The Labute approximate surface area is 189 Å². The monoisotopic (exact) mass is 450 g/mol. The van der Waals surface area contributed by atoms with Crippen molar-refractivity contribution >= 4 is 35.2 Å². The molecule has 0 fully saturated rings. The van der Waals surface area contributed by atoms with Gasteiger partial charge in [-0.15, -0.1) is 11.8 Å². The van der Waals surface area contributed by atoms with Crippen LogP contribution >= 0.6 is 11.8 Å². The number of ether oxygens (including phenoxy) is 1. The number of benzene rings is 2. The lowest BCUT2D eigenvalue weighted by molar-refractivity contribution is -0.152. The number of fused-ring (bicyclic) bond motifs is 1. The van der Waals surface area contributed by atoms with Crippen LogP contribution in [0.15, 0.2) is 76.2 Å². The van der Waals surface area contributed by atoms with Gasteiger partial charge >= 0.3 is 5.97 Å². The molecule has 0 unspecified atom stereocenters. The third kappa shape index (κ3) is 4.86. The summed E-state index contributed by atoms with van der Waals surface area (Å²) >= 11 is 1.56. The van der Waals surface area contributed by atoms with Crippen molar-refractivity contribution in [1.29, 1.82) is 0 Å². The van der Waals surface area contributed by atoms with Crippen molar-refractivity contribution in [3.63, 3.8) is 0 Å². The van der Waals surface area contributed by atoms with E-state index >= 15 is 0 Å². The smallest absolute Gasteiger partial charge is 0.329 e. The molecule has 0 aliphatic carbocycles. The summed E-state index contributed by atoms with van der Waals surface area (Å²) in [4.78, 5) is 40.6. The van der Waals surface area contributed by atoms with Gasteiger partial charge < -0.3 is 19.4 Å². The summed E-state index contributed by atoms with van der Waals surface area (Å²) in [5, 5.41) is 2.72. The van der Waals surface area contributed by atoms with E-state index in [-0.39, 0.29) is 12.3 Å². The van der Waals surface area contributed by atoms with Crippen LogP contribution < -0.4 is 5.32 Å². The van der Waals surface area contributed by atoms with Crippen molar-refractivity contribution in [3.8, 4) is 0 Å². The highest BCUT2D eigenvalue weighted by Crippen LogP contribution is 2.26. The Morgan fingerprint density at radius 3 is 2.66 bits per heavy atom. The normalized spacial score (nSPS) is 15.0. The maximum atomic E-state index is 13.0. The zero-order valence-corrected chi connectivity index (χ0v) is 18.3. The molecule has 7 nitrogen and oxygen atoms in total. The third-order valence-corrected chi connectivity index (χ3v) is 5.94. The highest BCUT2D eigenvalue weighted by Gasteiger charge is 2.37. The zero-order chi connectivity index (χ0) is 22.5. The highest BCUT2D eigenvalue weighted by molar-refractivity contribution is 7.98. The van der Waals surface area contributed by atoms with E-state index in [0.29, 0.717) is 12.1 Å². The van der Waals surface area contributed by atoms with Crippen molar-refractivity contribution in [2.45, 2.75) is 23.9 Å². The van der Waals surface area contributed by atoms with Gasteiger partial charge in [0, 0.05) is 23.5 Å². The van der Waals surface area contributed by atoms with Crippen LogP contribution in [0.1, 0.15) is 21.7 Å². The first-order chi connectivity index (χ1) is 15.5. The number of rotatable bonds is 6. The Kier molecular flexibility index (Phi) is 6.61. The van der Waals surface area contributed by atoms with E-state index in [0.717, 1.165) is 16.0 Å². The van der Waals surface area contributed by atoms with Gasteiger partial charge in [0.1, 0.15) is 6.04 Å². The molecular formula is C24H22N2O5S. The molecule has 4 rings (SSSR count). The molecule has 164 valence electrons. The van der Waals surface area contributed by atoms with Crippen LogP contribution in [0.25, 0.3) is 0 Å². The van der Waals surface area contributed by atoms with E-state index in [2.05, 4.69) is 5.32 Å². The predicted octanol–water partition coefficient (Wildman–Crippen LogP) is 3.75. The van der Waals surface area contributed by atoms with Crippen LogP contribution in [-0.4, -0.2) is 41.6 Å². The molecule has 0 saturated heterocycles. The van der Waals surface area contributed by atoms with E-state index in [9.17, 15) is 14.4 Å². The summed E-state index contributed by atoms with van der Waals surface area (Å²) in [6.45, 7) is -0.188. The fourth-order valence-corrected chi connectivity index (χ4v) is 4.08. The van der Waals surface area contributed by atoms with Crippen molar-refractivity contribution in [2.75, 3.05) is 18.2 Å². The molecule has 0 radical (unpaired) electrons. The number of carbonyl (C=O) groups excluding carboxylic acids is 3. The highest BCUT2D eigenvalue weighted by atomic mass is 32.2. The minimum absolute atomic E-state index is 0.147. The zero-order valence-electron chi connectivity index (χ0n) is 17.4. The fourth-order valence-electron chi connectivity index (χ4n) is 3.62. The number of anilines is 1. The topological polar surface area (TPSA) is 88.9 Å². The summed E-state index contributed by atoms with van der Waals surface area (Å²) in [6, 6.07) is 17.3. The lowest BCUT2D eigenvalue weighted by Crippen LogP contribution is -2.49. The molecule has 0 spiro atoms. The van der Waals surface area contributed by atoms with Crippen molar-refractivity contribution in [1.82, 2.24) is 4.90 Å². The molecule has 0 saturated carbocycles. The molecule has 32 heavy (non-hydrogen) atoms. The van der Waals surface area contributed by atoms with E-state index in [1.165, 1.54) is 11.2 Å². The molecule has 0 bridgehead atoms. The van der Waals surface area contributed by atoms with Crippen LogP contribution in [0.2, 0.25) is 0 Å². The second-order valence-electron chi connectivity index (χ2n) is 7.29. The van der Waals surface area contributed by atoms with Gasteiger partial charge in [-0.2, -0.15) is 0 Å². The molecule has 1 N–H and O–H groups in total. The van der Waals surface area contributed by atoms with Crippen LogP contribution in [0.3, 0.4) is 0 Å². The Bertz CT molecular complexity index is 1130. The Balaban J connectivity index is 1.45. The van der Waals surface area contributed by atoms with Crippen molar-refractivity contribution in [3.05, 3.63) is 83.8 Å². The van der Waals surface area contributed by atoms with Gasteiger partial charge in [0.05, 0.1) is 6.26 Å². The summed E-state index contributed by atoms with van der Waals surface area (Å²) in [7, 11) is 0. The molecule has 1 atom stereocenters. The molecule has 1 aliphatic heterocycles. The lowest BCUT2D eigenvalue weighted by atomic mass is 9.93. The number of nitrogens with zero attached hydrogens (tertiary/aromatic N) is 1. The minimum atomic E-state index is -0.852. The predicted molar refractivity (Wildman–Crippen MR) is 120 cm³/mol. The number of esters is 1. The second-order valence-corrected chi connectivity index (χ2v) is 8.17. The van der Waals surface area contributed by atoms with Gasteiger partial charge in [0.2, 0.25) is 0 Å². The van der Waals surface area contributed by atoms with E-state index in [1.807, 2.05) is 48.7 Å². The fraction of sp³-hybridized carbons (Fsp3) is 0.208. The van der Waals surface area contributed by atoms with Gasteiger partial charge in [0.25, 0.3) is 11.8 Å². The summed E-state index contributed by atoms with van der Waals surface area (Å²) in [5.74, 6) is -1.33. The maximum Gasteiger partial charge on any atom is 0.329 e. The number of amides is 2. The molecule has 3 aromatic rings. The van der Waals surface area contributed by atoms with Gasteiger partial charge in [-0.1, -0.05) is 30.3 Å². The maximum absolute atomic E-state index is 13.0. The summed E-state index contributed by atoms with van der Waals surface area (Å²) < 4.78 is 10.5. The number of hydrogen-bond acceptors (Lipinski definition) is 6. The van der Waals surface area contributed by atoms with E-state index in [4.69, 9.17) is 9.15 Å². The number of nitrogens with one attached hydrogen (secondary N) is 1. The van der Waals surface area contributed by atoms with Crippen LogP contribution in [0, 0.1) is 0 Å². The Morgan fingerprint density at radius 1 is 1.09 bits per heavy atom.